The second kappa shape index (κ2) is 6.88. The van der Waals surface area contributed by atoms with Crippen molar-refractivity contribution in [2.24, 2.45) is 11.8 Å². The third kappa shape index (κ3) is 3.39. The van der Waals surface area contributed by atoms with E-state index in [1.807, 2.05) is 18.2 Å². The third-order valence-corrected chi connectivity index (χ3v) is 4.13. The zero-order chi connectivity index (χ0) is 13.6. The Hall–Kier alpha value is -1.36. The van der Waals surface area contributed by atoms with E-state index in [1.165, 1.54) is 5.56 Å². The van der Waals surface area contributed by atoms with Gasteiger partial charge in [-0.25, -0.2) is 0 Å². The van der Waals surface area contributed by atoms with E-state index in [9.17, 15) is 0 Å². The smallest absolute Gasteiger partial charge is 0.109 e. The highest BCUT2D eigenvalue weighted by Crippen LogP contribution is 2.26. The zero-order valence-electron chi connectivity index (χ0n) is 11.6. The summed E-state index contributed by atoms with van der Waals surface area (Å²) in [6.07, 6.45) is 5.01. The Morgan fingerprint density at radius 1 is 1.25 bits per heavy atom. The average molecular weight is 274 g/mol. The van der Waals surface area contributed by atoms with E-state index < -0.39 is 0 Å². The predicted molar refractivity (Wildman–Crippen MR) is 77.7 cm³/mol. The molecule has 108 valence electrons. The van der Waals surface area contributed by atoms with Crippen LogP contribution in [0.1, 0.15) is 12.0 Å². The second-order valence-corrected chi connectivity index (χ2v) is 5.51. The first-order valence-electron chi connectivity index (χ1n) is 7.34. The number of rotatable bonds is 5. The van der Waals surface area contributed by atoms with Gasteiger partial charge in [0.05, 0.1) is 19.3 Å². The molecule has 1 fully saturated rings. The Kier molecular flexibility index (Phi) is 4.69. The van der Waals surface area contributed by atoms with E-state index in [1.54, 1.807) is 6.26 Å². The highest BCUT2D eigenvalue weighted by molar-refractivity contribution is 5.13. The molecule has 4 nitrogen and oxygen atoms in total. The minimum atomic E-state index is 0.322. The van der Waals surface area contributed by atoms with Crippen LogP contribution in [0.5, 0.6) is 0 Å². The lowest BCUT2D eigenvalue weighted by Gasteiger charge is -2.34. The molecule has 0 saturated carbocycles. The van der Waals surface area contributed by atoms with Gasteiger partial charge in [0.1, 0.15) is 6.26 Å². The maximum atomic E-state index is 5.92. The lowest BCUT2D eigenvalue weighted by Crippen LogP contribution is -2.46. The normalized spacial score (nSPS) is 29.3. The van der Waals surface area contributed by atoms with Crippen molar-refractivity contribution in [2.45, 2.75) is 19.1 Å². The van der Waals surface area contributed by atoms with Crippen molar-refractivity contribution in [3.8, 4) is 0 Å². The molecule has 0 radical (unpaired) electrons. The lowest BCUT2D eigenvalue weighted by atomic mass is 9.82. The fourth-order valence-corrected chi connectivity index (χ4v) is 3.01. The average Bonchev–Trinajstić information content (AvgIpc) is 3.03. The predicted octanol–water partition coefficient (Wildman–Crippen LogP) is 1.85. The van der Waals surface area contributed by atoms with Crippen molar-refractivity contribution in [3.63, 3.8) is 0 Å². The molecular weight excluding hydrogens is 252 g/mol. The highest BCUT2D eigenvalue weighted by atomic mass is 16.6. The number of hydroxylamine groups is 1. The summed E-state index contributed by atoms with van der Waals surface area (Å²) in [7, 11) is 0. The van der Waals surface area contributed by atoms with Gasteiger partial charge < -0.3 is 14.9 Å². The van der Waals surface area contributed by atoms with Gasteiger partial charge in [-0.15, -0.1) is 0 Å². The van der Waals surface area contributed by atoms with Gasteiger partial charge in [0, 0.05) is 6.54 Å². The maximum absolute atomic E-state index is 5.92. The van der Waals surface area contributed by atoms with Gasteiger partial charge in [-0.3, -0.25) is 0 Å². The van der Waals surface area contributed by atoms with Gasteiger partial charge in [0.15, 0.2) is 0 Å². The fourth-order valence-electron chi connectivity index (χ4n) is 3.01. The van der Waals surface area contributed by atoms with E-state index in [0.717, 1.165) is 26.1 Å². The Labute approximate surface area is 120 Å². The van der Waals surface area contributed by atoms with Crippen LogP contribution in [0.15, 0.2) is 42.7 Å². The van der Waals surface area contributed by atoms with E-state index in [-0.39, 0.29) is 0 Å². The quantitative estimate of drug-likeness (QED) is 0.860. The van der Waals surface area contributed by atoms with Crippen LogP contribution in [-0.2, 0) is 16.2 Å². The molecule has 0 aliphatic carbocycles. The molecule has 4 heteroatoms. The van der Waals surface area contributed by atoms with Crippen molar-refractivity contribution < 1.29 is 9.57 Å². The van der Waals surface area contributed by atoms with Gasteiger partial charge in [0.2, 0.25) is 0 Å². The number of benzene rings is 1. The molecule has 2 heterocycles. The zero-order valence-corrected chi connectivity index (χ0v) is 11.6. The van der Waals surface area contributed by atoms with Crippen LogP contribution in [0, 0.1) is 11.8 Å². The van der Waals surface area contributed by atoms with Crippen molar-refractivity contribution in [2.75, 3.05) is 19.7 Å². The SMILES string of the molecule is C1=CC(C2CCNCC2COCc2ccccc2)NO1. The topological polar surface area (TPSA) is 42.5 Å². The second-order valence-electron chi connectivity index (χ2n) is 5.51. The summed E-state index contributed by atoms with van der Waals surface area (Å²) in [6.45, 7) is 3.57. The van der Waals surface area contributed by atoms with Gasteiger partial charge in [-0.05, 0) is 36.4 Å². The standard InChI is InChI=1S/C16H22N2O2/c1-2-4-13(5-3-1)11-19-12-14-10-17-8-6-15(14)16-7-9-20-18-16/h1-5,7,9,14-18H,6,8,10-12H2. The summed E-state index contributed by atoms with van der Waals surface area (Å²) in [4.78, 5) is 5.14. The first kappa shape index (κ1) is 13.6. The molecule has 2 aliphatic heterocycles. The Balaban J connectivity index is 1.50. The summed E-state index contributed by atoms with van der Waals surface area (Å²) >= 11 is 0. The van der Waals surface area contributed by atoms with Crippen molar-refractivity contribution in [3.05, 3.63) is 48.2 Å². The van der Waals surface area contributed by atoms with E-state index in [4.69, 9.17) is 9.57 Å². The number of nitrogens with one attached hydrogen (secondary N) is 2. The van der Waals surface area contributed by atoms with Crippen LogP contribution in [0.4, 0.5) is 0 Å². The van der Waals surface area contributed by atoms with Crippen LogP contribution < -0.4 is 10.8 Å². The molecule has 1 aromatic carbocycles. The molecule has 0 spiro atoms. The molecular formula is C16H22N2O2. The lowest BCUT2D eigenvalue weighted by molar-refractivity contribution is 0.0326. The Morgan fingerprint density at radius 2 is 2.15 bits per heavy atom. The van der Waals surface area contributed by atoms with Gasteiger partial charge >= 0.3 is 0 Å². The van der Waals surface area contributed by atoms with Crippen LogP contribution in [0.25, 0.3) is 0 Å². The third-order valence-electron chi connectivity index (χ3n) is 4.13. The van der Waals surface area contributed by atoms with Crippen LogP contribution in [-0.4, -0.2) is 25.7 Å². The summed E-state index contributed by atoms with van der Waals surface area (Å²) in [5.74, 6) is 1.10. The molecule has 3 rings (SSSR count). The van der Waals surface area contributed by atoms with Crippen LogP contribution >= 0.6 is 0 Å². The minimum absolute atomic E-state index is 0.322. The Bertz CT molecular complexity index is 435. The molecule has 0 amide bonds. The van der Waals surface area contributed by atoms with Crippen molar-refractivity contribution >= 4 is 0 Å². The van der Waals surface area contributed by atoms with Gasteiger partial charge in [-0.1, -0.05) is 30.3 Å². The van der Waals surface area contributed by atoms with E-state index in [0.29, 0.717) is 24.5 Å². The molecule has 2 N–H and O–H groups in total. The largest absolute Gasteiger partial charge is 0.416 e. The molecule has 3 unspecified atom stereocenters. The van der Waals surface area contributed by atoms with Gasteiger partial charge in [-0.2, -0.15) is 5.48 Å². The molecule has 1 saturated heterocycles. The van der Waals surface area contributed by atoms with Gasteiger partial charge in [0.25, 0.3) is 0 Å². The maximum Gasteiger partial charge on any atom is 0.109 e. The summed E-state index contributed by atoms with van der Waals surface area (Å²) < 4.78 is 5.92. The fraction of sp³-hybridized carbons (Fsp3) is 0.500. The first-order chi connectivity index (χ1) is 9.93. The molecule has 0 aromatic heterocycles. The summed E-state index contributed by atoms with van der Waals surface area (Å²) in [5.41, 5.74) is 4.30. The number of piperidine rings is 1. The molecule has 3 atom stereocenters. The first-order valence-corrected chi connectivity index (χ1v) is 7.34. The van der Waals surface area contributed by atoms with Crippen LogP contribution in [0.2, 0.25) is 0 Å². The van der Waals surface area contributed by atoms with E-state index >= 15 is 0 Å². The summed E-state index contributed by atoms with van der Waals surface area (Å²) in [5, 5.41) is 3.46. The Morgan fingerprint density at radius 3 is 2.95 bits per heavy atom. The van der Waals surface area contributed by atoms with Crippen LogP contribution in [0.3, 0.4) is 0 Å². The molecule has 1 aromatic rings. The number of hydrogen-bond acceptors (Lipinski definition) is 4. The number of ether oxygens (including phenoxy) is 1. The van der Waals surface area contributed by atoms with Crippen molar-refractivity contribution in [1.29, 1.82) is 0 Å². The molecule has 0 bridgehead atoms. The summed E-state index contributed by atoms with van der Waals surface area (Å²) in [6, 6.07) is 10.7. The molecule has 2 aliphatic rings. The minimum Gasteiger partial charge on any atom is -0.416 e. The van der Waals surface area contributed by atoms with E-state index in [2.05, 4.69) is 29.0 Å². The number of hydrogen-bond donors (Lipinski definition) is 2. The monoisotopic (exact) mass is 274 g/mol. The highest BCUT2D eigenvalue weighted by Gasteiger charge is 2.32. The van der Waals surface area contributed by atoms with Crippen molar-refractivity contribution in [1.82, 2.24) is 10.8 Å². The molecule has 20 heavy (non-hydrogen) atoms.